The first kappa shape index (κ1) is 19.2. The van der Waals surface area contributed by atoms with E-state index in [-0.39, 0.29) is 18.1 Å². The van der Waals surface area contributed by atoms with E-state index in [1.807, 2.05) is 24.0 Å². The molecular formula is C21H25ClN4O2. The van der Waals surface area contributed by atoms with E-state index in [9.17, 15) is 4.79 Å². The van der Waals surface area contributed by atoms with E-state index in [1.54, 1.807) is 12.1 Å². The van der Waals surface area contributed by atoms with Crippen molar-refractivity contribution in [2.24, 2.45) is 0 Å². The van der Waals surface area contributed by atoms with Crippen LogP contribution in [0.1, 0.15) is 41.3 Å². The molecule has 148 valence electrons. The van der Waals surface area contributed by atoms with Gasteiger partial charge in [-0.25, -0.2) is 9.97 Å². The summed E-state index contributed by atoms with van der Waals surface area (Å²) in [7, 11) is 0. The fraction of sp³-hybridized carbons (Fsp3) is 0.476. The van der Waals surface area contributed by atoms with Gasteiger partial charge in [0.25, 0.3) is 5.91 Å². The van der Waals surface area contributed by atoms with E-state index in [4.69, 9.17) is 21.3 Å². The molecule has 1 aromatic heterocycles. The number of ether oxygens (including phenoxy) is 1. The molecule has 1 fully saturated rings. The zero-order valence-corrected chi connectivity index (χ0v) is 17.2. The SMILES string of the molecule is Cc1nc2c(c(N3C[C@@H](C)O[C@H](C)C3)n1)CN(C(=O)c1cccc(Cl)c1)CC2. The molecule has 1 saturated heterocycles. The lowest BCUT2D eigenvalue weighted by molar-refractivity contribution is -0.00560. The number of hydrogen-bond donors (Lipinski definition) is 0. The zero-order chi connectivity index (χ0) is 19.8. The summed E-state index contributed by atoms with van der Waals surface area (Å²) in [6.45, 7) is 8.82. The van der Waals surface area contributed by atoms with E-state index in [2.05, 4.69) is 23.7 Å². The Kier molecular flexibility index (Phi) is 5.25. The highest BCUT2D eigenvalue weighted by atomic mass is 35.5. The largest absolute Gasteiger partial charge is 0.372 e. The van der Waals surface area contributed by atoms with Crippen molar-refractivity contribution >= 4 is 23.3 Å². The number of benzene rings is 1. The molecule has 1 aromatic carbocycles. The Morgan fingerprint density at radius 3 is 2.68 bits per heavy atom. The Balaban J connectivity index is 1.65. The fourth-order valence-electron chi connectivity index (χ4n) is 4.11. The van der Waals surface area contributed by atoms with Gasteiger partial charge >= 0.3 is 0 Å². The van der Waals surface area contributed by atoms with E-state index in [0.29, 0.717) is 23.7 Å². The van der Waals surface area contributed by atoms with Crippen molar-refractivity contribution in [1.82, 2.24) is 14.9 Å². The third-order valence-corrected chi connectivity index (χ3v) is 5.46. The summed E-state index contributed by atoms with van der Waals surface area (Å²) in [6, 6.07) is 7.11. The van der Waals surface area contributed by atoms with Crippen LogP contribution >= 0.6 is 11.6 Å². The fourth-order valence-corrected chi connectivity index (χ4v) is 4.30. The van der Waals surface area contributed by atoms with Gasteiger partial charge in [0.2, 0.25) is 0 Å². The van der Waals surface area contributed by atoms with Crippen LogP contribution in [0.4, 0.5) is 5.82 Å². The van der Waals surface area contributed by atoms with Crippen molar-refractivity contribution in [1.29, 1.82) is 0 Å². The number of hydrogen-bond acceptors (Lipinski definition) is 5. The van der Waals surface area contributed by atoms with Crippen molar-refractivity contribution in [2.45, 2.75) is 45.9 Å². The van der Waals surface area contributed by atoms with Crippen molar-refractivity contribution in [2.75, 3.05) is 24.5 Å². The molecule has 2 aromatic rings. The molecule has 2 aliphatic heterocycles. The summed E-state index contributed by atoms with van der Waals surface area (Å²) in [6.07, 6.45) is 1.01. The molecule has 4 rings (SSSR count). The number of nitrogens with zero attached hydrogens (tertiary/aromatic N) is 4. The Labute approximate surface area is 170 Å². The third kappa shape index (κ3) is 3.84. The minimum atomic E-state index is -0.0108. The number of aryl methyl sites for hydroxylation is 1. The summed E-state index contributed by atoms with van der Waals surface area (Å²) >= 11 is 6.07. The van der Waals surface area contributed by atoms with E-state index < -0.39 is 0 Å². The number of morpholine rings is 1. The van der Waals surface area contributed by atoms with Crippen molar-refractivity contribution in [3.63, 3.8) is 0 Å². The van der Waals surface area contributed by atoms with Gasteiger partial charge in [0, 0.05) is 42.2 Å². The second-order valence-corrected chi connectivity index (χ2v) is 8.11. The van der Waals surface area contributed by atoms with Crippen LogP contribution in [-0.4, -0.2) is 52.6 Å². The van der Waals surface area contributed by atoms with E-state index in [0.717, 1.165) is 42.4 Å². The molecule has 0 spiro atoms. The molecule has 0 bridgehead atoms. The lowest BCUT2D eigenvalue weighted by atomic mass is 10.0. The number of aromatic nitrogens is 2. The first-order chi connectivity index (χ1) is 13.4. The second kappa shape index (κ2) is 7.68. The van der Waals surface area contributed by atoms with Gasteiger partial charge in [-0.3, -0.25) is 4.79 Å². The van der Waals surface area contributed by atoms with Crippen LogP contribution in [0, 0.1) is 6.92 Å². The molecule has 2 atom stereocenters. The standard InChI is InChI=1S/C21H25ClN4O2/c1-13-10-26(11-14(2)28-13)20-18-12-25(8-7-19(18)23-15(3)24-20)21(27)16-5-4-6-17(22)9-16/h4-6,9,13-14H,7-8,10-12H2,1-3H3/t13-,14-/m1/s1. The van der Waals surface area contributed by atoms with Gasteiger partial charge in [-0.2, -0.15) is 0 Å². The number of amides is 1. The summed E-state index contributed by atoms with van der Waals surface area (Å²) < 4.78 is 5.88. The Morgan fingerprint density at radius 1 is 1.21 bits per heavy atom. The molecule has 0 unspecified atom stereocenters. The summed E-state index contributed by atoms with van der Waals surface area (Å²) in [5.41, 5.74) is 2.71. The average molecular weight is 401 g/mol. The molecule has 7 heteroatoms. The first-order valence-electron chi connectivity index (χ1n) is 9.72. The molecule has 6 nitrogen and oxygen atoms in total. The quantitative estimate of drug-likeness (QED) is 0.774. The third-order valence-electron chi connectivity index (χ3n) is 5.23. The van der Waals surface area contributed by atoms with E-state index >= 15 is 0 Å². The second-order valence-electron chi connectivity index (χ2n) is 7.67. The predicted molar refractivity (Wildman–Crippen MR) is 109 cm³/mol. The van der Waals surface area contributed by atoms with Crippen molar-refractivity contribution in [3.05, 3.63) is 51.9 Å². The Hall–Kier alpha value is -2.18. The van der Waals surface area contributed by atoms with Gasteiger partial charge in [-0.05, 0) is 39.0 Å². The maximum Gasteiger partial charge on any atom is 0.254 e. The highest BCUT2D eigenvalue weighted by molar-refractivity contribution is 6.30. The molecule has 28 heavy (non-hydrogen) atoms. The van der Waals surface area contributed by atoms with Gasteiger partial charge in [-0.1, -0.05) is 17.7 Å². The van der Waals surface area contributed by atoms with Gasteiger partial charge in [0.05, 0.1) is 24.4 Å². The maximum atomic E-state index is 13.0. The van der Waals surface area contributed by atoms with Crippen LogP contribution in [0.5, 0.6) is 0 Å². The molecule has 0 N–H and O–H groups in total. The molecule has 2 aliphatic rings. The van der Waals surface area contributed by atoms with Crippen LogP contribution in [0.25, 0.3) is 0 Å². The first-order valence-corrected chi connectivity index (χ1v) is 10.1. The Bertz CT molecular complexity index is 894. The highest BCUT2D eigenvalue weighted by Gasteiger charge is 2.30. The van der Waals surface area contributed by atoms with Gasteiger partial charge in [-0.15, -0.1) is 0 Å². The molecule has 3 heterocycles. The number of carbonyl (C=O) groups is 1. The lowest BCUT2D eigenvalue weighted by Crippen LogP contribution is -2.47. The summed E-state index contributed by atoms with van der Waals surface area (Å²) in [5, 5.41) is 0.569. The Morgan fingerprint density at radius 2 is 1.96 bits per heavy atom. The van der Waals surface area contributed by atoms with Crippen molar-refractivity contribution < 1.29 is 9.53 Å². The van der Waals surface area contributed by atoms with Crippen molar-refractivity contribution in [3.8, 4) is 0 Å². The van der Waals surface area contributed by atoms with Crippen LogP contribution in [0.2, 0.25) is 5.02 Å². The molecule has 0 aliphatic carbocycles. The summed E-state index contributed by atoms with van der Waals surface area (Å²) in [4.78, 5) is 26.6. The number of fused-ring (bicyclic) bond motifs is 1. The van der Waals surface area contributed by atoms with Crippen LogP contribution < -0.4 is 4.90 Å². The maximum absolute atomic E-state index is 13.0. The number of rotatable bonds is 2. The monoisotopic (exact) mass is 400 g/mol. The summed E-state index contributed by atoms with van der Waals surface area (Å²) in [5.74, 6) is 1.70. The van der Waals surface area contributed by atoms with E-state index in [1.165, 1.54) is 0 Å². The normalized spacial score (nSPS) is 22.1. The average Bonchev–Trinajstić information content (AvgIpc) is 2.65. The van der Waals surface area contributed by atoms with Gasteiger partial charge < -0.3 is 14.5 Å². The topological polar surface area (TPSA) is 58.6 Å². The zero-order valence-electron chi connectivity index (χ0n) is 16.5. The predicted octanol–water partition coefficient (Wildman–Crippen LogP) is 3.25. The number of halogens is 1. The highest BCUT2D eigenvalue weighted by Crippen LogP contribution is 2.29. The molecule has 0 radical (unpaired) electrons. The van der Waals surface area contributed by atoms with Crippen LogP contribution in [0.3, 0.4) is 0 Å². The van der Waals surface area contributed by atoms with Crippen LogP contribution in [0.15, 0.2) is 24.3 Å². The smallest absolute Gasteiger partial charge is 0.254 e. The van der Waals surface area contributed by atoms with Crippen LogP contribution in [-0.2, 0) is 17.7 Å². The molecule has 0 saturated carbocycles. The van der Waals surface area contributed by atoms with Gasteiger partial charge in [0.15, 0.2) is 0 Å². The molecular weight excluding hydrogens is 376 g/mol. The molecule has 1 amide bonds. The minimum absolute atomic E-state index is 0.0108. The van der Waals surface area contributed by atoms with Gasteiger partial charge in [0.1, 0.15) is 11.6 Å². The number of anilines is 1. The minimum Gasteiger partial charge on any atom is -0.372 e. The number of carbonyl (C=O) groups excluding carboxylic acids is 1. The lowest BCUT2D eigenvalue weighted by Gasteiger charge is -2.38.